The third-order valence-corrected chi connectivity index (χ3v) is 3.18. The average molecular weight is 228 g/mol. The van der Waals surface area contributed by atoms with Crippen LogP contribution in [0.1, 0.15) is 27.1 Å². The van der Waals surface area contributed by atoms with Crippen LogP contribution in [-0.4, -0.2) is 22.2 Å². The maximum atomic E-state index is 11.0. The van der Waals surface area contributed by atoms with E-state index in [1.807, 2.05) is 12.2 Å². The van der Waals surface area contributed by atoms with Gasteiger partial charge in [0, 0.05) is 0 Å². The fourth-order valence-corrected chi connectivity index (χ4v) is 2.38. The van der Waals surface area contributed by atoms with Gasteiger partial charge in [-0.05, 0) is 40.1 Å². The molecule has 1 aromatic rings. The fourth-order valence-electron chi connectivity index (χ4n) is 2.38. The monoisotopic (exact) mass is 228 g/mol. The zero-order valence-corrected chi connectivity index (χ0v) is 8.73. The van der Waals surface area contributed by atoms with Gasteiger partial charge < -0.3 is 10.2 Å². The predicted molar refractivity (Wildman–Crippen MR) is 60.2 cm³/mol. The number of hydrogen-bond donors (Lipinski definition) is 2. The van der Waals surface area contributed by atoms with Crippen LogP contribution in [0.25, 0.3) is 11.1 Å². The molecule has 0 aromatic heterocycles. The Morgan fingerprint density at radius 3 is 1.65 bits per heavy atom. The van der Waals surface area contributed by atoms with Crippen LogP contribution in [0.2, 0.25) is 0 Å². The molecule has 2 aliphatic carbocycles. The van der Waals surface area contributed by atoms with Gasteiger partial charge in [0.1, 0.15) is 0 Å². The van der Waals surface area contributed by atoms with Crippen LogP contribution in [0.3, 0.4) is 0 Å². The minimum atomic E-state index is -1.21. The summed E-state index contributed by atoms with van der Waals surface area (Å²) in [6.07, 6.45) is 4.67. The van der Waals surface area contributed by atoms with Crippen LogP contribution in [0.15, 0.2) is 24.3 Å². The Morgan fingerprint density at radius 2 is 1.29 bits per heavy atom. The standard InChI is InChI=1S/C13H8O4/c14-12(15)10-4-8-6-1-2-7(3-6)9(8)5-11(10)13(16)17/h1-2,4-5H,3H2,(H,14,15)(H,16,17). The van der Waals surface area contributed by atoms with Gasteiger partial charge in [-0.2, -0.15) is 0 Å². The minimum absolute atomic E-state index is 0.148. The van der Waals surface area contributed by atoms with Crippen molar-refractivity contribution < 1.29 is 19.8 Å². The van der Waals surface area contributed by atoms with Crippen molar-refractivity contribution in [2.45, 2.75) is 6.42 Å². The molecule has 4 nitrogen and oxygen atoms in total. The molecule has 3 rings (SSSR count). The zero-order chi connectivity index (χ0) is 12.2. The first-order valence-electron chi connectivity index (χ1n) is 5.13. The number of rotatable bonds is 2. The van der Waals surface area contributed by atoms with Gasteiger partial charge in [0.25, 0.3) is 0 Å². The second-order valence-corrected chi connectivity index (χ2v) is 4.11. The first-order chi connectivity index (χ1) is 8.08. The molecule has 17 heavy (non-hydrogen) atoms. The van der Waals surface area contributed by atoms with Gasteiger partial charge in [-0.1, -0.05) is 12.2 Å². The van der Waals surface area contributed by atoms with E-state index in [4.69, 9.17) is 10.2 Å². The molecule has 0 amide bonds. The first-order valence-corrected chi connectivity index (χ1v) is 5.13. The van der Waals surface area contributed by atoms with Gasteiger partial charge in [-0.15, -0.1) is 0 Å². The number of carbonyl (C=O) groups is 2. The molecular formula is C13H8O4. The van der Waals surface area contributed by atoms with Crippen LogP contribution in [-0.2, 0) is 0 Å². The highest BCUT2D eigenvalue weighted by Crippen LogP contribution is 2.25. The third-order valence-electron chi connectivity index (χ3n) is 3.18. The van der Waals surface area contributed by atoms with Crippen molar-refractivity contribution in [2.75, 3.05) is 0 Å². The molecule has 1 aromatic carbocycles. The van der Waals surface area contributed by atoms with Crippen molar-refractivity contribution >= 4 is 23.1 Å². The molecule has 4 heteroatoms. The van der Waals surface area contributed by atoms with E-state index in [0.29, 0.717) is 0 Å². The van der Waals surface area contributed by atoms with Crippen molar-refractivity contribution in [3.05, 3.63) is 45.8 Å². The van der Waals surface area contributed by atoms with Gasteiger partial charge in [0.15, 0.2) is 0 Å². The van der Waals surface area contributed by atoms with Crippen molar-refractivity contribution in [3.8, 4) is 0 Å². The van der Waals surface area contributed by atoms with E-state index in [1.165, 1.54) is 12.1 Å². The summed E-state index contributed by atoms with van der Waals surface area (Å²) >= 11 is 0. The van der Waals surface area contributed by atoms with Crippen molar-refractivity contribution in [3.63, 3.8) is 0 Å². The SMILES string of the molecule is O=C(O)c1cc2c(cc1C(=O)O)=C1C=CC=2C1. The summed E-state index contributed by atoms with van der Waals surface area (Å²) in [4.78, 5) is 22.1. The number of hydrogen-bond acceptors (Lipinski definition) is 2. The number of carboxylic acids is 2. The zero-order valence-electron chi connectivity index (χ0n) is 8.73. The number of allylic oxidation sites excluding steroid dienone is 2. The number of fused-ring (bicyclic) bond motifs is 3. The second kappa shape index (κ2) is 3.07. The Hall–Kier alpha value is -2.36. The predicted octanol–water partition coefficient (Wildman–Crippen LogP) is 0.358. The highest BCUT2D eigenvalue weighted by molar-refractivity contribution is 6.02. The largest absolute Gasteiger partial charge is 0.478 e. The molecule has 2 aliphatic rings. The summed E-state index contributed by atoms with van der Waals surface area (Å²) in [5.74, 6) is -2.41. The van der Waals surface area contributed by atoms with E-state index in [2.05, 4.69) is 0 Å². The summed E-state index contributed by atoms with van der Waals surface area (Å²) in [5, 5.41) is 19.7. The third kappa shape index (κ3) is 1.24. The van der Waals surface area contributed by atoms with Crippen molar-refractivity contribution in [1.82, 2.24) is 0 Å². The minimum Gasteiger partial charge on any atom is -0.478 e. The molecule has 84 valence electrons. The smallest absolute Gasteiger partial charge is 0.336 e. The lowest BCUT2D eigenvalue weighted by atomic mass is 10.0. The average Bonchev–Trinajstić information content (AvgIpc) is 2.87. The van der Waals surface area contributed by atoms with E-state index in [-0.39, 0.29) is 11.1 Å². The molecule has 0 spiro atoms. The quantitative estimate of drug-likeness (QED) is 0.766. The molecule has 0 radical (unpaired) electrons. The molecule has 0 unspecified atom stereocenters. The normalized spacial score (nSPS) is 15.3. The Morgan fingerprint density at radius 1 is 0.882 bits per heavy atom. The summed E-state index contributed by atoms with van der Waals surface area (Å²) in [5.41, 5.74) is 1.83. The van der Waals surface area contributed by atoms with E-state index in [9.17, 15) is 9.59 Å². The number of benzene rings is 1. The van der Waals surface area contributed by atoms with Crippen molar-refractivity contribution in [1.29, 1.82) is 0 Å². The molecule has 0 aliphatic heterocycles. The first kappa shape index (κ1) is 9.84. The van der Waals surface area contributed by atoms with Crippen LogP contribution < -0.4 is 10.4 Å². The van der Waals surface area contributed by atoms with Crippen LogP contribution >= 0.6 is 0 Å². The Bertz CT molecular complexity index is 662. The van der Waals surface area contributed by atoms with E-state index < -0.39 is 11.9 Å². The molecule has 0 atom stereocenters. The van der Waals surface area contributed by atoms with Gasteiger partial charge in [0.05, 0.1) is 11.1 Å². The Kier molecular flexibility index (Phi) is 1.78. The maximum absolute atomic E-state index is 11.0. The molecule has 0 saturated heterocycles. The molecule has 2 N–H and O–H groups in total. The van der Waals surface area contributed by atoms with E-state index >= 15 is 0 Å². The topological polar surface area (TPSA) is 74.6 Å². The van der Waals surface area contributed by atoms with Crippen LogP contribution in [0.5, 0.6) is 0 Å². The maximum Gasteiger partial charge on any atom is 0.336 e. The molecule has 0 heterocycles. The van der Waals surface area contributed by atoms with Gasteiger partial charge >= 0.3 is 11.9 Å². The lowest BCUT2D eigenvalue weighted by Crippen LogP contribution is -2.29. The lowest BCUT2D eigenvalue weighted by Gasteiger charge is -2.03. The Labute approximate surface area is 95.8 Å². The summed E-state index contributed by atoms with van der Waals surface area (Å²) in [6.45, 7) is 0. The van der Waals surface area contributed by atoms with E-state index in [1.54, 1.807) is 0 Å². The molecule has 0 saturated carbocycles. The fraction of sp³-hybridized carbons (Fsp3) is 0.0769. The lowest BCUT2D eigenvalue weighted by molar-refractivity contribution is 0.0651. The summed E-state index contributed by atoms with van der Waals surface area (Å²) < 4.78 is 0. The molecular weight excluding hydrogens is 220 g/mol. The highest BCUT2D eigenvalue weighted by Gasteiger charge is 2.21. The van der Waals surface area contributed by atoms with Crippen LogP contribution in [0, 0.1) is 0 Å². The molecule has 2 bridgehead atoms. The van der Waals surface area contributed by atoms with Gasteiger partial charge in [-0.3, -0.25) is 0 Å². The summed E-state index contributed by atoms with van der Waals surface area (Å²) in [7, 11) is 0. The Balaban J connectivity index is 2.44. The second-order valence-electron chi connectivity index (χ2n) is 4.11. The number of aromatic carboxylic acids is 2. The molecule has 0 fully saturated rings. The van der Waals surface area contributed by atoms with Gasteiger partial charge in [-0.25, -0.2) is 9.59 Å². The highest BCUT2D eigenvalue weighted by atomic mass is 16.4. The van der Waals surface area contributed by atoms with Gasteiger partial charge in [0.2, 0.25) is 0 Å². The number of carboxylic acid groups (broad SMARTS) is 2. The van der Waals surface area contributed by atoms with Crippen molar-refractivity contribution in [2.24, 2.45) is 0 Å². The van der Waals surface area contributed by atoms with Crippen LogP contribution in [0.4, 0.5) is 0 Å². The van der Waals surface area contributed by atoms with E-state index in [0.717, 1.165) is 28.0 Å². The summed E-state index contributed by atoms with van der Waals surface area (Å²) in [6, 6.07) is 2.93.